The summed E-state index contributed by atoms with van der Waals surface area (Å²) >= 11 is 3.39. The number of halogens is 1. The van der Waals surface area contributed by atoms with Gasteiger partial charge in [-0.3, -0.25) is 9.59 Å². The van der Waals surface area contributed by atoms with E-state index in [1.54, 1.807) is 17.0 Å². The second-order valence-corrected chi connectivity index (χ2v) is 5.59. The first-order valence-electron chi connectivity index (χ1n) is 6.40. The third-order valence-corrected chi connectivity index (χ3v) is 4.17. The molecule has 0 spiro atoms. The highest BCUT2D eigenvalue weighted by Gasteiger charge is 2.18. The van der Waals surface area contributed by atoms with Gasteiger partial charge in [-0.15, -0.1) is 0 Å². The lowest BCUT2D eigenvalue weighted by Crippen LogP contribution is -2.38. The normalized spacial score (nSPS) is 14.5. The van der Waals surface area contributed by atoms with E-state index in [4.69, 9.17) is 0 Å². The molecular weight excluding hydrogens is 308 g/mol. The van der Waals surface area contributed by atoms with Crippen molar-refractivity contribution in [1.29, 1.82) is 0 Å². The van der Waals surface area contributed by atoms with Crippen LogP contribution in [0.1, 0.15) is 28.8 Å². The quantitative estimate of drug-likeness (QED) is 0.925. The summed E-state index contributed by atoms with van der Waals surface area (Å²) in [5, 5.41) is 2.68. The molecule has 0 atom stereocenters. The van der Waals surface area contributed by atoms with Gasteiger partial charge in [-0.2, -0.15) is 0 Å². The number of aryl methyl sites for hydroxylation is 1. The van der Waals surface area contributed by atoms with Gasteiger partial charge in [0.25, 0.3) is 5.91 Å². The second-order valence-electron chi connectivity index (χ2n) is 4.73. The Hall–Kier alpha value is -1.36. The van der Waals surface area contributed by atoms with Crippen LogP contribution >= 0.6 is 15.9 Å². The first-order valence-corrected chi connectivity index (χ1v) is 7.19. The van der Waals surface area contributed by atoms with E-state index < -0.39 is 0 Å². The summed E-state index contributed by atoms with van der Waals surface area (Å²) in [7, 11) is 0. The molecule has 1 saturated heterocycles. The molecule has 1 N–H and O–H groups in total. The lowest BCUT2D eigenvalue weighted by Gasteiger charge is -2.15. The van der Waals surface area contributed by atoms with Crippen molar-refractivity contribution < 1.29 is 9.59 Å². The molecular formula is C14H17BrN2O2. The predicted molar refractivity (Wildman–Crippen MR) is 77.0 cm³/mol. The minimum atomic E-state index is -0.205. The average molecular weight is 325 g/mol. The first-order chi connectivity index (χ1) is 9.08. The third-order valence-electron chi connectivity index (χ3n) is 3.28. The third kappa shape index (κ3) is 3.56. The highest BCUT2D eigenvalue weighted by Crippen LogP contribution is 2.17. The maximum absolute atomic E-state index is 11.9. The molecule has 2 rings (SSSR count). The van der Waals surface area contributed by atoms with E-state index >= 15 is 0 Å². The Morgan fingerprint density at radius 2 is 2.00 bits per heavy atom. The smallest absolute Gasteiger partial charge is 0.251 e. The molecule has 5 heteroatoms. The molecule has 0 aromatic heterocycles. The molecule has 0 radical (unpaired) electrons. The fourth-order valence-corrected chi connectivity index (χ4v) is 2.37. The summed E-state index contributed by atoms with van der Waals surface area (Å²) in [5.74, 6) is -0.206. The van der Waals surface area contributed by atoms with Gasteiger partial charge in [-0.05, 0) is 43.5 Å². The van der Waals surface area contributed by atoms with E-state index in [1.807, 2.05) is 13.0 Å². The number of nitrogens with one attached hydrogen (secondary N) is 1. The molecule has 1 aromatic rings. The van der Waals surface area contributed by atoms with Gasteiger partial charge in [0, 0.05) is 23.1 Å². The Morgan fingerprint density at radius 1 is 1.32 bits per heavy atom. The van der Waals surface area contributed by atoms with E-state index in [1.165, 1.54) is 0 Å². The van der Waals surface area contributed by atoms with Crippen LogP contribution in [0, 0.1) is 6.92 Å². The van der Waals surface area contributed by atoms with Crippen LogP contribution in [0.5, 0.6) is 0 Å². The number of likely N-dealkylation sites (tertiary alicyclic amines) is 1. The second kappa shape index (κ2) is 6.19. The predicted octanol–water partition coefficient (Wildman–Crippen LogP) is 2.11. The van der Waals surface area contributed by atoms with Crippen molar-refractivity contribution in [2.75, 3.05) is 19.6 Å². The van der Waals surface area contributed by atoms with Crippen molar-refractivity contribution in [3.8, 4) is 0 Å². The van der Waals surface area contributed by atoms with Gasteiger partial charge in [0.1, 0.15) is 0 Å². The van der Waals surface area contributed by atoms with Crippen molar-refractivity contribution >= 4 is 27.7 Å². The number of carbonyl (C=O) groups excluding carboxylic acids is 2. The molecule has 1 fully saturated rings. The SMILES string of the molecule is Cc1cc(C(=O)NCC(=O)N2CCCC2)ccc1Br. The highest BCUT2D eigenvalue weighted by atomic mass is 79.9. The van der Waals surface area contributed by atoms with Gasteiger partial charge in [0.2, 0.25) is 5.91 Å². The maximum Gasteiger partial charge on any atom is 0.251 e. The van der Waals surface area contributed by atoms with E-state index in [9.17, 15) is 9.59 Å². The monoisotopic (exact) mass is 324 g/mol. The largest absolute Gasteiger partial charge is 0.343 e. The van der Waals surface area contributed by atoms with Crippen molar-refractivity contribution in [2.45, 2.75) is 19.8 Å². The summed E-state index contributed by atoms with van der Waals surface area (Å²) in [5.41, 5.74) is 1.58. The van der Waals surface area contributed by atoms with Crippen LogP contribution in [-0.4, -0.2) is 36.3 Å². The summed E-state index contributed by atoms with van der Waals surface area (Å²) < 4.78 is 0.970. The van der Waals surface area contributed by atoms with E-state index in [0.717, 1.165) is 36.0 Å². The van der Waals surface area contributed by atoms with Gasteiger partial charge < -0.3 is 10.2 Å². The van der Waals surface area contributed by atoms with Gasteiger partial charge in [-0.25, -0.2) is 0 Å². The molecule has 2 amide bonds. The Balaban J connectivity index is 1.90. The Labute approximate surface area is 121 Å². The number of hydrogen-bond acceptors (Lipinski definition) is 2. The van der Waals surface area contributed by atoms with Gasteiger partial charge >= 0.3 is 0 Å². The van der Waals surface area contributed by atoms with E-state index in [0.29, 0.717) is 5.56 Å². The number of amides is 2. The molecule has 1 aliphatic rings. The molecule has 102 valence electrons. The zero-order valence-electron chi connectivity index (χ0n) is 10.9. The average Bonchev–Trinajstić information content (AvgIpc) is 2.92. The minimum Gasteiger partial charge on any atom is -0.343 e. The zero-order chi connectivity index (χ0) is 13.8. The molecule has 0 bridgehead atoms. The topological polar surface area (TPSA) is 49.4 Å². The lowest BCUT2D eigenvalue weighted by atomic mass is 10.1. The molecule has 1 heterocycles. The fourth-order valence-electron chi connectivity index (χ4n) is 2.12. The Kier molecular flexibility index (Phi) is 4.58. The van der Waals surface area contributed by atoms with Crippen molar-refractivity contribution in [2.24, 2.45) is 0 Å². The van der Waals surface area contributed by atoms with Gasteiger partial charge in [0.15, 0.2) is 0 Å². The highest BCUT2D eigenvalue weighted by molar-refractivity contribution is 9.10. The standard InChI is InChI=1S/C14H17BrN2O2/c1-10-8-11(4-5-12(10)15)14(19)16-9-13(18)17-6-2-3-7-17/h4-5,8H,2-3,6-7,9H2,1H3,(H,16,19). The van der Waals surface area contributed by atoms with Crippen LogP contribution in [0.25, 0.3) is 0 Å². The summed E-state index contributed by atoms with van der Waals surface area (Å²) in [6.45, 7) is 3.63. The Morgan fingerprint density at radius 3 is 2.63 bits per heavy atom. The lowest BCUT2D eigenvalue weighted by molar-refractivity contribution is -0.129. The molecule has 0 saturated carbocycles. The number of nitrogens with zero attached hydrogens (tertiary/aromatic N) is 1. The van der Waals surface area contributed by atoms with Crippen LogP contribution in [0.2, 0.25) is 0 Å². The van der Waals surface area contributed by atoms with Crippen LogP contribution < -0.4 is 5.32 Å². The fraction of sp³-hybridized carbons (Fsp3) is 0.429. The summed E-state index contributed by atoms with van der Waals surface area (Å²) in [4.78, 5) is 25.5. The van der Waals surface area contributed by atoms with E-state index in [2.05, 4.69) is 21.2 Å². The number of carbonyl (C=O) groups is 2. The van der Waals surface area contributed by atoms with Gasteiger partial charge in [0.05, 0.1) is 6.54 Å². The molecule has 4 nitrogen and oxygen atoms in total. The van der Waals surface area contributed by atoms with E-state index in [-0.39, 0.29) is 18.4 Å². The molecule has 0 aliphatic carbocycles. The summed E-state index contributed by atoms with van der Waals surface area (Å²) in [6, 6.07) is 5.39. The van der Waals surface area contributed by atoms with Crippen molar-refractivity contribution in [1.82, 2.24) is 10.2 Å². The summed E-state index contributed by atoms with van der Waals surface area (Å²) in [6.07, 6.45) is 2.12. The van der Waals surface area contributed by atoms with Crippen molar-refractivity contribution in [3.63, 3.8) is 0 Å². The minimum absolute atomic E-state index is 0.000293. The molecule has 19 heavy (non-hydrogen) atoms. The molecule has 0 unspecified atom stereocenters. The number of hydrogen-bond donors (Lipinski definition) is 1. The maximum atomic E-state index is 11.9. The molecule has 1 aromatic carbocycles. The van der Waals surface area contributed by atoms with Crippen LogP contribution in [0.4, 0.5) is 0 Å². The van der Waals surface area contributed by atoms with Crippen LogP contribution in [0.15, 0.2) is 22.7 Å². The first kappa shape index (κ1) is 14.1. The number of benzene rings is 1. The Bertz CT molecular complexity index is 496. The van der Waals surface area contributed by atoms with Crippen molar-refractivity contribution in [3.05, 3.63) is 33.8 Å². The zero-order valence-corrected chi connectivity index (χ0v) is 12.5. The molecule has 1 aliphatic heterocycles. The van der Waals surface area contributed by atoms with Crippen LogP contribution in [-0.2, 0) is 4.79 Å². The van der Waals surface area contributed by atoms with Crippen LogP contribution in [0.3, 0.4) is 0 Å². The number of rotatable bonds is 3. The van der Waals surface area contributed by atoms with Gasteiger partial charge in [-0.1, -0.05) is 15.9 Å².